The molecule has 1 atom stereocenters. The highest BCUT2D eigenvalue weighted by Gasteiger charge is 2.09. The van der Waals surface area contributed by atoms with Gasteiger partial charge in [0.25, 0.3) is 0 Å². The zero-order valence-corrected chi connectivity index (χ0v) is 14.1. The molecule has 0 radical (unpaired) electrons. The molecule has 106 valence electrons. The zero-order chi connectivity index (χ0) is 14.5. The SMILES string of the molecule is Cc1cccc(CC(C)N)c1OCc1ccc(I)cc1. The van der Waals surface area contributed by atoms with Gasteiger partial charge in [-0.05, 0) is 71.7 Å². The molecule has 0 spiro atoms. The minimum Gasteiger partial charge on any atom is -0.488 e. The van der Waals surface area contributed by atoms with Crippen LogP contribution in [0.25, 0.3) is 0 Å². The number of nitrogens with two attached hydrogens (primary N) is 1. The highest BCUT2D eigenvalue weighted by Crippen LogP contribution is 2.25. The van der Waals surface area contributed by atoms with Crippen LogP contribution in [-0.2, 0) is 13.0 Å². The fraction of sp³-hybridized carbons (Fsp3) is 0.294. The summed E-state index contributed by atoms with van der Waals surface area (Å²) in [6.45, 7) is 4.69. The van der Waals surface area contributed by atoms with Crippen LogP contribution in [0.15, 0.2) is 42.5 Å². The second-order valence-electron chi connectivity index (χ2n) is 5.16. The van der Waals surface area contributed by atoms with Crippen LogP contribution < -0.4 is 10.5 Å². The fourth-order valence-corrected chi connectivity index (χ4v) is 2.52. The quantitative estimate of drug-likeness (QED) is 0.793. The van der Waals surface area contributed by atoms with Crippen molar-refractivity contribution < 1.29 is 4.74 Å². The minimum absolute atomic E-state index is 0.137. The first-order valence-electron chi connectivity index (χ1n) is 6.77. The van der Waals surface area contributed by atoms with E-state index in [2.05, 4.69) is 72.0 Å². The van der Waals surface area contributed by atoms with E-state index in [1.165, 1.54) is 14.7 Å². The normalized spacial score (nSPS) is 12.2. The van der Waals surface area contributed by atoms with E-state index in [0.29, 0.717) is 6.61 Å². The van der Waals surface area contributed by atoms with Crippen molar-refractivity contribution in [2.24, 2.45) is 5.73 Å². The van der Waals surface area contributed by atoms with Gasteiger partial charge in [0.1, 0.15) is 12.4 Å². The fourth-order valence-electron chi connectivity index (χ4n) is 2.16. The molecule has 0 aromatic heterocycles. The number of hydrogen-bond donors (Lipinski definition) is 1. The molecule has 0 amide bonds. The van der Waals surface area contributed by atoms with Gasteiger partial charge < -0.3 is 10.5 Å². The molecule has 0 fully saturated rings. The number of benzene rings is 2. The Morgan fingerprint density at radius 3 is 2.50 bits per heavy atom. The van der Waals surface area contributed by atoms with Crippen LogP contribution in [0, 0.1) is 10.5 Å². The Labute approximate surface area is 134 Å². The molecule has 0 aliphatic rings. The summed E-state index contributed by atoms with van der Waals surface area (Å²) in [5.74, 6) is 0.975. The van der Waals surface area contributed by atoms with Gasteiger partial charge in [-0.3, -0.25) is 0 Å². The van der Waals surface area contributed by atoms with E-state index in [9.17, 15) is 0 Å². The highest BCUT2D eigenvalue weighted by atomic mass is 127. The maximum Gasteiger partial charge on any atom is 0.125 e. The third-order valence-corrected chi connectivity index (χ3v) is 3.85. The zero-order valence-electron chi connectivity index (χ0n) is 11.9. The molecule has 2 aromatic carbocycles. The summed E-state index contributed by atoms with van der Waals surface area (Å²) in [5, 5.41) is 0. The Kier molecular flexibility index (Phi) is 5.43. The van der Waals surface area contributed by atoms with E-state index in [1.54, 1.807) is 0 Å². The number of hydrogen-bond acceptors (Lipinski definition) is 2. The Hall–Kier alpha value is -1.07. The van der Waals surface area contributed by atoms with Gasteiger partial charge in [0.05, 0.1) is 0 Å². The van der Waals surface area contributed by atoms with Crippen molar-refractivity contribution in [3.63, 3.8) is 0 Å². The van der Waals surface area contributed by atoms with Gasteiger partial charge in [-0.1, -0.05) is 30.3 Å². The van der Waals surface area contributed by atoms with Gasteiger partial charge in [-0.25, -0.2) is 0 Å². The van der Waals surface area contributed by atoms with Gasteiger partial charge in [0.2, 0.25) is 0 Å². The van der Waals surface area contributed by atoms with Crippen molar-refractivity contribution in [3.8, 4) is 5.75 Å². The monoisotopic (exact) mass is 381 g/mol. The second kappa shape index (κ2) is 7.09. The number of aryl methyl sites for hydroxylation is 1. The second-order valence-corrected chi connectivity index (χ2v) is 6.41. The molecular weight excluding hydrogens is 361 g/mol. The smallest absolute Gasteiger partial charge is 0.125 e. The Balaban J connectivity index is 2.13. The van der Waals surface area contributed by atoms with Crippen LogP contribution in [0.4, 0.5) is 0 Å². The summed E-state index contributed by atoms with van der Waals surface area (Å²) >= 11 is 2.31. The first-order valence-corrected chi connectivity index (χ1v) is 7.85. The number of halogens is 1. The lowest BCUT2D eigenvalue weighted by Gasteiger charge is -2.15. The Morgan fingerprint density at radius 2 is 1.85 bits per heavy atom. The lowest BCUT2D eigenvalue weighted by atomic mass is 10.0. The molecule has 2 aromatic rings. The largest absolute Gasteiger partial charge is 0.488 e. The van der Waals surface area contributed by atoms with E-state index in [-0.39, 0.29) is 6.04 Å². The van der Waals surface area contributed by atoms with E-state index >= 15 is 0 Å². The van der Waals surface area contributed by atoms with E-state index < -0.39 is 0 Å². The van der Waals surface area contributed by atoms with Crippen molar-refractivity contribution in [2.45, 2.75) is 32.9 Å². The molecule has 3 heteroatoms. The molecule has 0 aliphatic carbocycles. The van der Waals surface area contributed by atoms with E-state index in [4.69, 9.17) is 10.5 Å². The summed E-state index contributed by atoms with van der Waals surface area (Å²) in [7, 11) is 0. The Morgan fingerprint density at radius 1 is 1.15 bits per heavy atom. The lowest BCUT2D eigenvalue weighted by Crippen LogP contribution is -2.18. The van der Waals surface area contributed by atoms with Gasteiger partial charge in [0, 0.05) is 9.61 Å². The number of ether oxygens (including phenoxy) is 1. The van der Waals surface area contributed by atoms with Crippen molar-refractivity contribution in [3.05, 3.63) is 62.7 Å². The molecule has 0 saturated heterocycles. The minimum atomic E-state index is 0.137. The molecule has 2 rings (SSSR count). The summed E-state index contributed by atoms with van der Waals surface area (Å²) < 4.78 is 7.27. The first kappa shape index (κ1) is 15.3. The molecule has 20 heavy (non-hydrogen) atoms. The molecule has 0 saturated carbocycles. The van der Waals surface area contributed by atoms with Crippen LogP contribution >= 0.6 is 22.6 Å². The highest BCUT2D eigenvalue weighted by molar-refractivity contribution is 14.1. The molecule has 1 unspecified atom stereocenters. The van der Waals surface area contributed by atoms with Crippen molar-refractivity contribution in [2.75, 3.05) is 0 Å². The standard InChI is InChI=1S/C17H20INO/c1-12-4-3-5-15(10-13(2)19)17(12)20-11-14-6-8-16(18)9-7-14/h3-9,13H,10-11,19H2,1-2H3. The van der Waals surface area contributed by atoms with Crippen LogP contribution in [-0.4, -0.2) is 6.04 Å². The number of para-hydroxylation sites is 1. The molecule has 0 bridgehead atoms. The van der Waals surface area contributed by atoms with Crippen molar-refractivity contribution in [1.82, 2.24) is 0 Å². The molecule has 2 N–H and O–H groups in total. The molecule has 0 aliphatic heterocycles. The third-order valence-electron chi connectivity index (χ3n) is 3.13. The maximum absolute atomic E-state index is 6.04. The van der Waals surface area contributed by atoms with E-state index in [1.807, 2.05) is 6.92 Å². The summed E-state index contributed by atoms with van der Waals surface area (Å²) in [6, 6.07) is 14.8. The maximum atomic E-state index is 6.04. The lowest BCUT2D eigenvalue weighted by molar-refractivity contribution is 0.300. The first-order chi connectivity index (χ1) is 9.56. The van der Waals surface area contributed by atoms with Crippen LogP contribution in [0.5, 0.6) is 5.75 Å². The van der Waals surface area contributed by atoms with Crippen LogP contribution in [0.1, 0.15) is 23.6 Å². The van der Waals surface area contributed by atoms with Gasteiger partial charge in [-0.15, -0.1) is 0 Å². The van der Waals surface area contributed by atoms with Gasteiger partial charge in [0.15, 0.2) is 0 Å². The van der Waals surface area contributed by atoms with Gasteiger partial charge in [-0.2, -0.15) is 0 Å². The van der Waals surface area contributed by atoms with Crippen molar-refractivity contribution >= 4 is 22.6 Å². The molecule has 0 heterocycles. The molecule has 2 nitrogen and oxygen atoms in total. The predicted octanol–water partition coefficient (Wildman–Crippen LogP) is 4.07. The van der Waals surface area contributed by atoms with Crippen molar-refractivity contribution in [1.29, 1.82) is 0 Å². The predicted molar refractivity (Wildman–Crippen MR) is 92.0 cm³/mol. The Bertz CT molecular complexity index is 564. The summed E-state index contributed by atoms with van der Waals surface area (Å²) in [6.07, 6.45) is 0.837. The van der Waals surface area contributed by atoms with Crippen LogP contribution in [0.2, 0.25) is 0 Å². The van der Waals surface area contributed by atoms with Gasteiger partial charge >= 0.3 is 0 Å². The summed E-state index contributed by atoms with van der Waals surface area (Å²) in [4.78, 5) is 0. The van der Waals surface area contributed by atoms with E-state index in [0.717, 1.165) is 17.7 Å². The topological polar surface area (TPSA) is 35.2 Å². The van der Waals surface area contributed by atoms with Crippen LogP contribution in [0.3, 0.4) is 0 Å². The third kappa shape index (κ3) is 4.21. The number of rotatable bonds is 5. The summed E-state index contributed by atoms with van der Waals surface area (Å²) in [5.41, 5.74) is 9.44. The molecular formula is C17H20INO. The average molecular weight is 381 g/mol. The average Bonchev–Trinajstić information content (AvgIpc) is 2.39.